The number of carboxylic acids is 2. The largest absolute Gasteiger partial charge is 0.481 e. The Balaban J connectivity index is -0.0000000625. The zero-order valence-electron chi connectivity index (χ0n) is 8.34. The van der Waals surface area contributed by atoms with Crippen molar-refractivity contribution in [1.29, 1.82) is 0 Å². The fourth-order valence-electron chi connectivity index (χ4n) is 0.428. The van der Waals surface area contributed by atoms with Gasteiger partial charge in [-0.05, 0) is 12.8 Å². The molecule has 0 spiro atoms. The molecule has 0 fully saturated rings. The molecule has 0 aliphatic heterocycles. The molecule has 0 atom stereocenters. The summed E-state index contributed by atoms with van der Waals surface area (Å²) in [5.74, 6) is -1.42. The van der Waals surface area contributed by atoms with Crippen LogP contribution in [0.15, 0.2) is 0 Å². The van der Waals surface area contributed by atoms with E-state index in [1.807, 2.05) is 13.8 Å². The van der Waals surface area contributed by atoms with E-state index >= 15 is 0 Å². The second-order valence-electron chi connectivity index (χ2n) is 2.29. The first kappa shape index (κ1) is 23.3. The van der Waals surface area contributed by atoms with Gasteiger partial charge in [0.15, 0.2) is 0 Å². The Kier molecular flexibility index (Phi) is 30.4. The van der Waals surface area contributed by atoms with E-state index in [1.54, 1.807) is 0 Å². The second-order valence-corrected chi connectivity index (χ2v) is 2.29. The Morgan fingerprint density at radius 2 is 1.14 bits per heavy atom. The first-order valence-corrected chi connectivity index (χ1v) is 3.98. The van der Waals surface area contributed by atoms with Gasteiger partial charge in [0.05, 0.1) is 0 Å². The summed E-state index contributed by atoms with van der Waals surface area (Å²) >= 11 is 0. The number of rotatable bonds is 4. The quantitative estimate of drug-likeness (QED) is 0.730. The predicted molar refractivity (Wildman–Crippen MR) is 48.7 cm³/mol. The van der Waals surface area contributed by atoms with E-state index in [1.165, 1.54) is 0 Å². The maximum atomic E-state index is 9.60. The molecule has 0 aromatic carbocycles. The smallest absolute Gasteiger partial charge is 0.303 e. The van der Waals surface area contributed by atoms with Gasteiger partial charge in [0.2, 0.25) is 0 Å². The Bertz CT molecular complexity index is 122. The molecule has 0 heterocycles. The summed E-state index contributed by atoms with van der Waals surface area (Å²) in [6.07, 6.45) is 2.05. The van der Waals surface area contributed by atoms with Crippen molar-refractivity contribution in [2.75, 3.05) is 0 Å². The van der Waals surface area contributed by atoms with Gasteiger partial charge in [0.25, 0.3) is 0 Å². The van der Waals surface area contributed by atoms with E-state index in [4.69, 9.17) is 10.2 Å². The summed E-state index contributed by atoms with van der Waals surface area (Å²) < 4.78 is 0. The van der Waals surface area contributed by atoms with E-state index < -0.39 is 11.9 Å². The molecule has 0 saturated carbocycles. The van der Waals surface area contributed by atoms with Gasteiger partial charge >= 0.3 is 11.9 Å². The molecule has 0 aliphatic rings. The molecule has 0 aromatic heterocycles. The van der Waals surface area contributed by atoms with Crippen LogP contribution in [0.1, 0.15) is 39.5 Å². The minimum absolute atomic E-state index is 0. The third-order valence-electron chi connectivity index (χ3n) is 0.928. The topological polar surface area (TPSA) is 106 Å². The van der Waals surface area contributed by atoms with Crippen molar-refractivity contribution < 1.29 is 42.3 Å². The average molecular weight is 258 g/mol. The van der Waals surface area contributed by atoms with Crippen molar-refractivity contribution in [3.05, 3.63) is 0 Å². The van der Waals surface area contributed by atoms with Crippen LogP contribution in [0.5, 0.6) is 0 Å². The molecule has 0 bridgehead atoms. The number of carboxylic acid groups (broad SMARTS) is 2. The van der Waals surface area contributed by atoms with E-state index in [9.17, 15) is 9.59 Å². The summed E-state index contributed by atoms with van der Waals surface area (Å²) in [5.41, 5.74) is 0. The molecule has 0 saturated heterocycles. The number of aliphatic carboxylic acids is 2. The van der Waals surface area contributed by atoms with Gasteiger partial charge in [-0.25, -0.2) is 0 Å². The summed E-state index contributed by atoms with van der Waals surface area (Å²) in [4.78, 5) is 19.2. The molecule has 0 amide bonds. The van der Waals surface area contributed by atoms with Crippen LogP contribution < -0.4 is 0 Å². The van der Waals surface area contributed by atoms with Crippen molar-refractivity contribution in [1.82, 2.24) is 0 Å². The number of hydrogen-bond donors (Lipinski definition) is 2. The SMILES string of the molecule is CCCC(=O)O.CCCC(=O)O.O.[Cu]. The molecule has 0 rings (SSSR count). The summed E-state index contributed by atoms with van der Waals surface area (Å²) in [5, 5.41) is 15.8. The molecule has 5 nitrogen and oxygen atoms in total. The molecule has 0 unspecified atom stereocenters. The third kappa shape index (κ3) is 42.2. The molecular formula is C8H18CuO5. The van der Waals surface area contributed by atoms with Gasteiger partial charge in [0, 0.05) is 29.9 Å². The second kappa shape index (κ2) is 18.3. The molecule has 91 valence electrons. The van der Waals surface area contributed by atoms with Crippen molar-refractivity contribution in [2.45, 2.75) is 39.5 Å². The van der Waals surface area contributed by atoms with Crippen molar-refractivity contribution in [3.8, 4) is 0 Å². The van der Waals surface area contributed by atoms with E-state index in [-0.39, 0.29) is 22.5 Å². The fraction of sp³-hybridized carbons (Fsp3) is 0.750. The molecular weight excluding hydrogens is 240 g/mol. The molecule has 14 heavy (non-hydrogen) atoms. The van der Waals surface area contributed by atoms with Gasteiger partial charge in [-0.1, -0.05) is 13.8 Å². The van der Waals surface area contributed by atoms with Gasteiger partial charge in [0.1, 0.15) is 0 Å². The van der Waals surface area contributed by atoms with Crippen LogP contribution in [0.25, 0.3) is 0 Å². The predicted octanol–water partition coefficient (Wildman–Crippen LogP) is 0.915. The first-order chi connectivity index (χ1) is 5.54. The van der Waals surface area contributed by atoms with Crippen molar-refractivity contribution in [3.63, 3.8) is 0 Å². The van der Waals surface area contributed by atoms with E-state index in [2.05, 4.69) is 0 Å². The van der Waals surface area contributed by atoms with Crippen LogP contribution in [0.4, 0.5) is 0 Å². The molecule has 0 aliphatic carbocycles. The van der Waals surface area contributed by atoms with Crippen molar-refractivity contribution >= 4 is 11.9 Å². The van der Waals surface area contributed by atoms with E-state index in [0.717, 1.165) is 12.8 Å². The monoisotopic (exact) mass is 257 g/mol. The minimum Gasteiger partial charge on any atom is -0.481 e. The minimum atomic E-state index is -0.711. The van der Waals surface area contributed by atoms with Crippen LogP contribution >= 0.6 is 0 Å². The Labute approximate surface area is 94.3 Å². The first-order valence-electron chi connectivity index (χ1n) is 3.98. The molecule has 4 N–H and O–H groups in total. The summed E-state index contributed by atoms with van der Waals surface area (Å²) in [7, 11) is 0. The van der Waals surface area contributed by atoms with Crippen LogP contribution in [0, 0.1) is 0 Å². The zero-order chi connectivity index (χ0) is 9.98. The Hall–Kier alpha value is -0.581. The standard InChI is InChI=1S/2C4H8O2.Cu.H2O/c2*1-2-3-4(5)6;;/h2*2-3H2,1H3,(H,5,6);;1H2. The van der Waals surface area contributed by atoms with Gasteiger partial charge in [-0.15, -0.1) is 0 Å². The van der Waals surface area contributed by atoms with Gasteiger partial charge < -0.3 is 15.7 Å². The van der Waals surface area contributed by atoms with Crippen molar-refractivity contribution in [2.24, 2.45) is 0 Å². The van der Waals surface area contributed by atoms with Crippen LogP contribution in [0.3, 0.4) is 0 Å². The summed E-state index contributed by atoms with van der Waals surface area (Å²) in [6.45, 7) is 3.68. The Morgan fingerprint density at radius 1 is 0.929 bits per heavy atom. The molecule has 6 heteroatoms. The maximum absolute atomic E-state index is 9.60. The Morgan fingerprint density at radius 3 is 1.14 bits per heavy atom. The van der Waals surface area contributed by atoms with Crippen LogP contribution in [-0.4, -0.2) is 27.6 Å². The van der Waals surface area contributed by atoms with E-state index in [0.29, 0.717) is 12.8 Å². The maximum Gasteiger partial charge on any atom is 0.303 e. The third-order valence-corrected chi connectivity index (χ3v) is 0.928. The zero-order valence-corrected chi connectivity index (χ0v) is 9.28. The van der Waals surface area contributed by atoms with Gasteiger partial charge in [-0.3, -0.25) is 9.59 Å². The molecule has 0 aromatic rings. The molecule has 1 radical (unpaired) electrons. The normalized spacial score (nSPS) is 7.00. The van der Waals surface area contributed by atoms with Crippen LogP contribution in [0.2, 0.25) is 0 Å². The number of hydrogen-bond acceptors (Lipinski definition) is 2. The van der Waals surface area contributed by atoms with Gasteiger partial charge in [-0.2, -0.15) is 0 Å². The summed E-state index contributed by atoms with van der Waals surface area (Å²) in [6, 6.07) is 0. The number of carbonyl (C=O) groups is 2. The fourth-order valence-corrected chi connectivity index (χ4v) is 0.428. The average Bonchev–Trinajstić information content (AvgIpc) is 1.87. The van der Waals surface area contributed by atoms with Crippen LogP contribution in [-0.2, 0) is 26.7 Å².